The van der Waals surface area contributed by atoms with Gasteiger partial charge in [0.2, 0.25) is 5.91 Å². The van der Waals surface area contributed by atoms with Crippen molar-refractivity contribution in [2.45, 2.75) is 76.2 Å². The summed E-state index contributed by atoms with van der Waals surface area (Å²) in [5.74, 6) is -1.16. The van der Waals surface area contributed by atoms with Crippen LogP contribution in [0.5, 0.6) is 5.75 Å². The SMILES string of the molecule is CC(=O)N[C@H]1[C@H](OC(C)=O)[C@@H](OC(C)=O)[C@@H](COC(C)=O)O[C@H]1Sc1nnc(COc2ccc(C)cc2)n1C. The van der Waals surface area contributed by atoms with Crippen LogP contribution in [0.25, 0.3) is 0 Å². The minimum Gasteiger partial charge on any atom is -0.486 e. The van der Waals surface area contributed by atoms with Crippen LogP contribution in [0.2, 0.25) is 0 Å². The second-order valence-corrected chi connectivity index (χ2v) is 9.96. The van der Waals surface area contributed by atoms with E-state index in [4.69, 9.17) is 23.7 Å². The minimum atomic E-state index is -1.17. The van der Waals surface area contributed by atoms with E-state index in [2.05, 4.69) is 15.5 Å². The number of carbonyl (C=O) groups is 4. The molecule has 1 saturated heterocycles. The Balaban J connectivity index is 1.88. The van der Waals surface area contributed by atoms with Crippen molar-refractivity contribution in [3.8, 4) is 5.75 Å². The molecule has 1 aromatic carbocycles. The molecule has 0 spiro atoms. The van der Waals surface area contributed by atoms with Crippen molar-refractivity contribution >= 4 is 35.6 Å². The van der Waals surface area contributed by atoms with E-state index >= 15 is 0 Å². The lowest BCUT2D eigenvalue weighted by atomic mass is 9.97. The van der Waals surface area contributed by atoms with Gasteiger partial charge >= 0.3 is 17.9 Å². The quantitative estimate of drug-likeness (QED) is 0.328. The van der Waals surface area contributed by atoms with Gasteiger partial charge in [-0.2, -0.15) is 0 Å². The summed E-state index contributed by atoms with van der Waals surface area (Å²) in [6, 6.07) is 6.62. The summed E-state index contributed by atoms with van der Waals surface area (Å²) in [5.41, 5.74) is 0.204. The molecule has 3 rings (SSSR count). The zero-order valence-electron chi connectivity index (χ0n) is 22.5. The molecule has 1 amide bonds. The molecule has 0 radical (unpaired) electrons. The third-order valence-electron chi connectivity index (χ3n) is 5.61. The van der Waals surface area contributed by atoms with E-state index in [9.17, 15) is 19.2 Å². The number of carbonyl (C=O) groups excluding carboxylic acids is 4. The van der Waals surface area contributed by atoms with Crippen LogP contribution in [-0.2, 0) is 51.8 Å². The number of nitrogens with zero attached hydrogens (tertiary/aromatic N) is 3. The molecular formula is C25H32N4O9S. The lowest BCUT2D eigenvalue weighted by molar-refractivity contribution is -0.211. The normalized spacial score (nSPS) is 22.5. The first-order chi connectivity index (χ1) is 18.4. The Morgan fingerprint density at radius 3 is 2.21 bits per heavy atom. The van der Waals surface area contributed by atoms with Crippen LogP contribution in [0.4, 0.5) is 0 Å². The van der Waals surface area contributed by atoms with Gasteiger partial charge in [0.15, 0.2) is 23.2 Å². The van der Waals surface area contributed by atoms with E-state index in [0.717, 1.165) is 17.3 Å². The predicted molar refractivity (Wildman–Crippen MR) is 136 cm³/mol. The summed E-state index contributed by atoms with van der Waals surface area (Å²) >= 11 is 1.10. The molecule has 0 aliphatic carbocycles. The number of esters is 3. The fraction of sp³-hybridized carbons (Fsp3) is 0.520. The van der Waals surface area contributed by atoms with Gasteiger partial charge in [0.05, 0.1) is 0 Å². The lowest BCUT2D eigenvalue weighted by Crippen LogP contribution is -2.65. The number of aromatic nitrogens is 3. The van der Waals surface area contributed by atoms with Crippen molar-refractivity contribution in [3.63, 3.8) is 0 Å². The number of ether oxygens (including phenoxy) is 5. The van der Waals surface area contributed by atoms with Crippen LogP contribution in [0, 0.1) is 6.92 Å². The highest BCUT2D eigenvalue weighted by Gasteiger charge is 2.51. The molecular weight excluding hydrogens is 532 g/mol. The number of amides is 1. The molecule has 0 saturated carbocycles. The van der Waals surface area contributed by atoms with Gasteiger partial charge in [0.1, 0.15) is 36.5 Å². The molecule has 5 atom stereocenters. The lowest BCUT2D eigenvalue weighted by Gasteiger charge is -2.44. The van der Waals surface area contributed by atoms with Crippen LogP contribution in [-0.4, -0.2) is 75.0 Å². The fourth-order valence-electron chi connectivity index (χ4n) is 3.85. The minimum absolute atomic E-state index is 0.146. The van der Waals surface area contributed by atoms with E-state index in [-0.39, 0.29) is 13.2 Å². The molecule has 14 heteroatoms. The third-order valence-corrected chi connectivity index (χ3v) is 6.81. The van der Waals surface area contributed by atoms with Crippen LogP contribution >= 0.6 is 11.8 Å². The second-order valence-electron chi connectivity index (χ2n) is 8.90. The first-order valence-corrected chi connectivity index (χ1v) is 13.0. The van der Waals surface area contributed by atoms with E-state index in [1.807, 2.05) is 31.2 Å². The van der Waals surface area contributed by atoms with Gasteiger partial charge in [0, 0.05) is 34.7 Å². The zero-order valence-corrected chi connectivity index (χ0v) is 23.4. The first-order valence-electron chi connectivity index (χ1n) is 12.1. The zero-order chi connectivity index (χ0) is 28.7. The van der Waals surface area contributed by atoms with Gasteiger partial charge in [-0.3, -0.25) is 19.2 Å². The number of nitrogens with one attached hydrogen (secondary N) is 1. The van der Waals surface area contributed by atoms with Gasteiger partial charge in [0.25, 0.3) is 0 Å². The van der Waals surface area contributed by atoms with Crippen molar-refractivity contribution < 1.29 is 42.9 Å². The predicted octanol–water partition coefficient (Wildman–Crippen LogP) is 1.45. The maximum Gasteiger partial charge on any atom is 0.303 e. The molecule has 1 fully saturated rings. The second kappa shape index (κ2) is 13.4. The van der Waals surface area contributed by atoms with E-state index in [0.29, 0.717) is 16.7 Å². The highest BCUT2D eigenvalue weighted by molar-refractivity contribution is 7.99. The van der Waals surface area contributed by atoms with E-state index in [1.165, 1.54) is 27.7 Å². The number of benzene rings is 1. The largest absolute Gasteiger partial charge is 0.486 e. The summed E-state index contributed by atoms with van der Waals surface area (Å²) in [6.07, 6.45) is -3.33. The number of thioether (sulfide) groups is 1. The molecule has 1 aliphatic rings. The Bertz CT molecular complexity index is 1190. The van der Waals surface area contributed by atoms with Crippen LogP contribution in [0.15, 0.2) is 29.4 Å². The van der Waals surface area contributed by atoms with Crippen LogP contribution in [0.1, 0.15) is 39.1 Å². The summed E-state index contributed by atoms with van der Waals surface area (Å²) in [4.78, 5) is 47.6. The fourth-order valence-corrected chi connectivity index (χ4v) is 4.98. The van der Waals surface area contributed by atoms with Gasteiger partial charge in [-0.1, -0.05) is 29.5 Å². The average Bonchev–Trinajstić information content (AvgIpc) is 3.19. The third kappa shape index (κ3) is 8.42. The van der Waals surface area contributed by atoms with Gasteiger partial charge in [-0.05, 0) is 19.1 Å². The molecule has 212 valence electrons. The number of rotatable bonds is 10. The summed E-state index contributed by atoms with van der Waals surface area (Å²) < 4.78 is 29.8. The Morgan fingerprint density at radius 2 is 1.62 bits per heavy atom. The Morgan fingerprint density at radius 1 is 0.974 bits per heavy atom. The monoisotopic (exact) mass is 564 g/mol. The maximum atomic E-state index is 12.1. The number of hydrogen-bond donors (Lipinski definition) is 1. The molecule has 0 bridgehead atoms. The Labute approximate surface area is 229 Å². The van der Waals surface area contributed by atoms with E-state index < -0.39 is 53.6 Å². The van der Waals surface area contributed by atoms with Crippen molar-refractivity contribution in [2.24, 2.45) is 7.05 Å². The standard InChI is InChI=1S/C25H32N4O9S/c1-13-7-9-18(10-8-13)35-12-20-27-28-25(29(20)6)39-24-21(26-14(2)30)23(37-17(5)33)22(36-16(4)32)19(38-24)11-34-15(3)31/h7-10,19,21-24H,11-12H2,1-6H3,(H,26,30)/t19-,21+,22+,23+,24+/m1/s1. The van der Waals surface area contributed by atoms with E-state index in [1.54, 1.807) is 11.6 Å². The van der Waals surface area contributed by atoms with Crippen LogP contribution < -0.4 is 10.1 Å². The maximum absolute atomic E-state index is 12.1. The summed E-state index contributed by atoms with van der Waals surface area (Å²) in [6.45, 7) is 6.73. The highest BCUT2D eigenvalue weighted by atomic mass is 32.2. The molecule has 13 nitrogen and oxygen atoms in total. The average molecular weight is 565 g/mol. The molecule has 1 aliphatic heterocycles. The van der Waals surface area contributed by atoms with Gasteiger partial charge in [-0.15, -0.1) is 10.2 Å². The van der Waals surface area contributed by atoms with Crippen LogP contribution in [0.3, 0.4) is 0 Å². The molecule has 1 aromatic heterocycles. The molecule has 0 unspecified atom stereocenters. The van der Waals surface area contributed by atoms with Crippen molar-refractivity contribution in [1.82, 2.24) is 20.1 Å². The Kier molecular flexibility index (Phi) is 10.3. The smallest absolute Gasteiger partial charge is 0.303 e. The highest BCUT2D eigenvalue weighted by Crippen LogP contribution is 2.35. The topological polar surface area (TPSA) is 157 Å². The van der Waals surface area contributed by atoms with Crippen molar-refractivity contribution in [1.29, 1.82) is 0 Å². The number of hydrogen-bond acceptors (Lipinski definition) is 12. The van der Waals surface area contributed by atoms with Crippen molar-refractivity contribution in [2.75, 3.05) is 6.61 Å². The molecule has 2 heterocycles. The molecule has 2 aromatic rings. The Hall–Kier alpha value is -3.65. The van der Waals surface area contributed by atoms with Gasteiger partial charge < -0.3 is 33.6 Å². The van der Waals surface area contributed by atoms with Gasteiger partial charge in [-0.25, -0.2) is 0 Å². The first kappa shape index (κ1) is 29.9. The van der Waals surface area contributed by atoms with Crippen molar-refractivity contribution in [3.05, 3.63) is 35.7 Å². The molecule has 1 N–H and O–H groups in total. The number of aryl methyl sites for hydroxylation is 1. The molecule has 39 heavy (non-hydrogen) atoms. The summed E-state index contributed by atoms with van der Waals surface area (Å²) in [5, 5.41) is 11.6. The summed E-state index contributed by atoms with van der Waals surface area (Å²) in [7, 11) is 1.74.